The second-order valence-electron chi connectivity index (χ2n) is 5.65. The maximum Gasteiger partial charge on any atom is 0.233 e. The summed E-state index contributed by atoms with van der Waals surface area (Å²) >= 11 is 0. The molecule has 2 atom stereocenters. The smallest absolute Gasteiger partial charge is 0.233 e. The van der Waals surface area contributed by atoms with E-state index in [1.165, 1.54) is 6.42 Å². The van der Waals surface area contributed by atoms with Gasteiger partial charge in [-0.2, -0.15) is 5.10 Å². The third kappa shape index (κ3) is 3.21. The molecule has 1 fully saturated rings. The highest BCUT2D eigenvalue weighted by molar-refractivity contribution is 5.11. The number of likely N-dealkylation sites (tertiary alicyclic amines) is 1. The number of nitrogens with zero attached hydrogens (tertiary/aromatic N) is 5. The molecule has 6 nitrogen and oxygen atoms in total. The van der Waals surface area contributed by atoms with Gasteiger partial charge in [0, 0.05) is 37.6 Å². The van der Waals surface area contributed by atoms with Gasteiger partial charge in [0.1, 0.15) is 0 Å². The van der Waals surface area contributed by atoms with Gasteiger partial charge in [-0.15, -0.1) is 5.10 Å². The summed E-state index contributed by atoms with van der Waals surface area (Å²) in [6.45, 7) is 5.26. The molecule has 0 aliphatic carbocycles. The quantitative estimate of drug-likeness (QED) is 0.857. The Balaban J connectivity index is 1.65. The van der Waals surface area contributed by atoms with E-state index in [-0.39, 0.29) is 0 Å². The van der Waals surface area contributed by atoms with Crippen LogP contribution in [0.4, 0.5) is 0 Å². The van der Waals surface area contributed by atoms with Crippen LogP contribution in [0.5, 0.6) is 5.88 Å². The highest BCUT2D eigenvalue weighted by Crippen LogP contribution is 2.28. The van der Waals surface area contributed by atoms with Crippen LogP contribution in [0.25, 0.3) is 0 Å². The molecule has 2 aromatic heterocycles. The number of methoxy groups -OCH3 is 1. The SMILES string of the molecule is COc1ccc(CN2CC[C@@H](C)[C@@H](n3ccnc3)C2)nn1. The summed E-state index contributed by atoms with van der Waals surface area (Å²) in [5.41, 5.74) is 0.981. The largest absolute Gasteiger partial charge is 0.480 e. The Morgan fingerprint density at radius 1 is 1.33 bits per heavy atom. The summed E-state index contributed by atoms with van der Waals surface area (Å²) in [6.07, 6.45) is 7.00. The molecule has 0 radical (unpaired) electrons. The van der Waals surface area contributed by atoms with Crippen LogP contribution in [0, 0.1) is 5.92 Å². The highest BCUT2D eigenvalue weighted by atomic mass is 16.5. The van der Waals surface area contributed by atoms with Crippen LogP contribution < -0.4 is 4.74 Å². The average molecular weight is 287 g/mol. The van der Waals surface area contributed by atoms with Crippen molar-refractivity contribution in [2.24, 2.45) is 5.92 Å². The van der Waals surface area contributed by atoms with Crippen molar-refractivity contribution in [3.8, 4) is 5.88 Å². The van der Waals surface area contributed by atoms with Crippen LogP contribution in [0.2, 0.25) is 0 Å². The predicted molar refractivity (Wildman–Crippen MR) is 78.9 cm³/mol. The van der Waals surface area contributed by atoms with Crippen molar-refractivity contribution in [3.05, 3.63) is 36.5 Å². The van der Waals surface area contributed by atoms with Crippen molar-refractivity contribution >= 4 is 0 Å². The van der Waals surface area contributed by atoms with E-state index < -0.39 is 0 Å². The van der Waals surface area contributed by atoms with Crippen LogP contribution in [-0.4, -0.2) is 44.8 Å². The van der Waals surface area contributed by atoms with Crippen LogP contribution >= 0.6 is 0 Å². The molecule has 0 N–H and O–H groups in total. The maximum atomic E-state index is 5.04. The van der Waals surface area contributed by atoms with Gasteiger partial charge in [0.25, 0.3) is 0 Å². The molecular formula is C15H21N5O. The van der Waals surface area contributed by atoms with E-state index in [1.807, 2.05) is 24.7 Å². The van der Waals surface area contributed by atoms with E-state index in [1.54, 1.807) is 7.11 Å². The summed E-state index contributed by atoms with van der Waals surface area (Å²) in [4.78, 5) is 6.60. The molecule has 1 saturated heterocycles. The molecule has 0 amide bonds. The fourth-order valence-corrected chi connectivity index (χ4v) is 2.88. The van der Waals surface area contributed by atoms with E-state index in [9.17, 15) is 0 Å². The van der Waals surface area contributed by atoms with Gasteiger partial charge in [0.05, 0.1) is 19.1 Å². The fourth-order valence-electron chi connectivity index (χ4n) is 2.88. The van der Waals surface area contributed by atoms with Gasteiger partial charge in [-0.25, -0.2) is 4.98 Å². The first kappa shape index (κ1) is 14.0. The normalized spacial score (nSPS) is 23.1. The molecular weight excluding hydrogens is 266 g/mol. The molecule has 0 saturated carbocycles. The number of hydrogen-bond donors (Lipinski definition) is 0. The van der Waals surface area contributed by atoms with E-state index in [4.69, 9.17) is 4.74 Å². The van der Waals surface area contributed by atoms with Crippen molar-refractivity contribution in [3.63, 3.8) is 0 Å². The molecule has 1 aliphatic rings. The Bertz CT molecular complexity index is 554. The third-order valence-corrected chi connectivity index (χ3v) is 4.20. The third-order valence-electron chi connectivity index (χ3n) is 4.20. The van der Waals surface area contributed by atoms with Crippen LogP contribution in [0.1, 0.15) is 25.1 Å². The standard InChI is InChI=1S/C15H21N5O/c1-12-5-7-19(10-14(12)20-8-6-16-11-20)9-13-3-4-15(21-2)18-17-13/h3-4,6,8,11-12,14H,5,7,9-10H2,1-2H3/t12-,14+/m1/s1. The Kier molecular flexibility index (Phi) is 4.15. The maximum absolute atomic E-state index is 5.04. The Morgan fingerprint density at radius 3 is 2.90 bits per heavy atom. The molecule has 0 bridgehead atoms. The van der Waals surface area contributed by atoms with E-state index in [0.29, 0.717) is 17.8 Å². The zero-order valence-electron chi connectivity index (χ0n) is 12.5. The summed E-state index contributed by atoms with van der Waals surface area (Å²) in [6, 6.07) is 4.32. The number of aromatic nitrogens is 4. The van der Waals surface area contributed by atoms with Gasteiger partial charge in [0.15, 0.2) is 0 Å². The van der Waals surface area contributed by atoms with Gasteiger partial charge >= 0.3 is 0 Å². The molecule has 0 spiro atoms. The predicted octanol–water partition coefficient (Wildman–Crippen LogP) is 1.76. The molecule has 3 heterocycles. The molecule has 3 rings (SSSR count). The number of rotatable bonds is 4. The molecule has 0 unspecified atom stereocenters. The Hall–Kier alpha value is -1.95. The molecule has 21 heavy (non-hydrogen) atoms. The number of piperidine rings is 1. The summed E-state index contributed by atoms with van der Waals surface area (Å²) in [7, 11) is 1.60. The van der Waals surface area contributed by atoms with Crippen molar-refractivity contribution in [2.75, 3.05) is 20.2 Å². The van der Waals surface area contributed by atoms with Crippen molar-refractivity contribution < 1.29 is 4.74 Å². The van der Waals surface area contributed by atoms with Crippen LogP contribution in [-0.2, 0) is 6.54 Å². The zero-order chi connectivity index (χ0) is 14.7. The lowest BCUT2D eigenvalue weighted by atomic mass is 9.93. The lowest BCUT2D eigenvalue weighted by Crippen LogP contribution is -2.40. The van der Waals surface area contributed by atoms with Crippen LogP contribution in [0.3, 0.4) is 0 Å². The molecule has 112 valence electrons. The van der Waals surface area contributed by atoms with Crippen molar-refractivity contribution in [1.29, 1.82) is 0 Å². The number of imidazole rings is 1. The first-order valence-electron chi connectivity index (χ1n) is 7.32. The van der Waals surface area contributed by atoms with E-state index in [2.05, 4.69) is 37.8 Å². The molecule has 2 aromatic rings. The Morgan fingerprint density at radius 2 is 2.24 bits per heavy atom. The van der Waals surface area contributed by atoms with Gasteiger partial charge < -0.3 is 9.30 Å². The molecule has 1 aliphatic heterocycles. The van der Waals surface area contributed by atoms with Crippen molar-refractivity contribution in [2.45, 2.75) is 25.9 Å². The zero-order valence-corrected chi connectivity index (χ0v) is 12.5. The minimum Gasteiger partial charge on any atom is -0.480 e. The lowest BCUT2D eigenvalue weighted by Gasteiger charge is -2.37. The summed E-state index contributed by atoms with van der Waals surface area (Å²) < 4.78 is 7.26. The molecule has 6 heteroatoms. The van der Waals surface area contributed by atoms with E-state index >= 15 is 0 Å². The second-order valence-corrected chi connectivity index (χ2v) is 5.65. The monoisotopic (exact) mass is 287 g/mol. The van der Waals surface area contributed by atoms with Gasteiger partial charge in [-0.3, -0.25) is 4.90 Å². The average Bonchev–Trinajstić information content (AvgIpc) is 3.04. The van der Waals surface area contributed by atoms with Crippen molar-refractivity contribution in [1.82, 2.24) is 24.6 Å². The summed E-state index contributed by atoms with van der Waals surface area (Å²) in [5, 5.41) is 8.25. The topological polar surface area (TPSA) is 56.1 Å². The van der Waals surface area contributed by atoms with Gasteiger partial charge in [-0.05, 0) is 24.9 Å². The second kappa shape index (κ2) is 6.22. The minimum absolute atomic E-state index is 0.479. The fraction of sp³-hybridized carbons (Fsp3) is 0.533. The number of ether oxygens (including phenoxy) is 1. The van der Waals surface area contributed by atoms with Gasteiger partial charge in [-0.1, -0.05) is 6.92 Å². The number of hydrogen-bond acceptors (Lipinski definition) is 5. The molecule has 0 aromatic carbocycles. The lowest BCUT2D eigenvalue weighted by molar-refractivity contribution is 0.125. The first-order valence-corrected chi connectivity index (χ1v) is 7.32. The van der Waals surface area contributed by atoms with Gasteiger partial charge in [0.2, 0.25) is 5.88 Å². The Labute approximate surface area is 124 Å². The highest BCUT2D eigenvalue weighted by Gasteiger charge is 2.27. The first-order chi connectivity index (χ1) is 10.3. The summed E-state index contributed by atoms with van der Waals surface area (Å²) in [5.74, 6) is 1.22. The van der Waals surface area contributed by atoms with E-state index in [0.717, 1.165) is 25.3 Å². The minimum atomic E-state index is 0.479. The van der Waals surface area contributed by atoms with Crippen LogP contribution in [0.15, 0.2) is 30.9 Å².